The smallest absolute Gasteiger partial charge is 0.244 e. The molecule has 5 heteroatoms. The number of hydrogen-bond acceptors (Lipinski definition) is 3. The van der Waals surface area contributed by atoms with Crippen molar-refractivity contribution < 1.29 is 13.2 Å². The zero-order valence-electron chi connectivity index (χ0n) is 9.61. The van der Waals surface area contributed by atoms with Gasteiger partial charge in [0.05, 0.1) is 11.8 Å². The van der Waals surface area contributed by atoms with Crippen LogP contribution < -0.4 is 5.32 Å². The number of nitrogens with one attached hydrogen (secondary N) is 1. The Hall–Kier alpha value is -1.88. The van der Waals surface area contributed by atoms with Crippen LogP contribution in [0.5, 0.6) is 0 Å². The fourth-order valence-electron chi connectivity index (χ4n) is 1.63. The van der Waals surface area contributed by atoms with Gasteiger partial charge in [-0.05, 0) is 17.7 Å². The van der Waals surface area contributed by atoms with Gasteiger partial charge in [0.1, 0.15) is 0 Å². The summed E-state index contributed by atoms with van der Waals surface area (Å²) in [5.74, 6) is -0.358. The van der Waals surface area contributed by atoms with Crippen molar-refractivity contribution in [2.75, 3.05) is 5.75 Å². The molecule has 2 rings (SSSR count). The van der Waals surface area contributed by atoms with E-state index < -0.39 is 15.9 Å². The van der Waals surface area contributed by atoms with E-state index in [-0.39, 0.29) is 11.7 Å². The quantitative estimate of drug-likeness (QED) is 0.831. The molecule has 4 nitrogen and oxygen atoms in total. The minimum atomic E-state index is -3.13. The molecule has 0 aromatic heterocycles. The van der Waals surface area contributed by atoms with Gasteiger partial charge >= 0.3 is 0 Å². The zero-order valence-corrected chi connectivity index (χ0v) is 10.4. The van der Waals surface area contributed by atoms with Crippen molar-refractivity contribution >= 4 is 21.8 Å². The topological polar surface area (TPSA) is 63.2 Å². The highest BCUT2D eigenvalue weighted by atomic mass is 32.2. The molecule has 1 aliphatic heterocycles. The predicted molar refractivity (Wildman–Crippen MR) is 70.3 cm³/mol. The molecule has 0 saturated heterocycles. The van der Waals surface area contributed by atoms with Crippen molar-refractivity contribution in [3.05, 3.63) is 53.5 Å². The summed E-state index contributed by atoms with van der Waals surface area (Å²) >= 11 is 0. The van der Waals surface area contributed by atoms with Gasteiger partial charge in [-0.15, -0.1) is 0 Å². The van der Waals surface area contributed by atoms with Crippen LogP contribution in [-0.2, 0) is 14.6 Å². The molecule has 0 aliphatic carbocycles. The Morgan fingerprint density at radius 1 is 1.28 bits per heavy atom. The normalized spacial score (nSPS) is 21.2. The van der Waals surface area contributed by atoms with E-state index in [9.17, 15) is 13.2 Å². The summed E-state index contributed by atoms with van der Waals surface area (Å²) in [7, 11) is -3.13. The van der Waals surface area contributed by atoms with E-state index in [2.05, 4.69) is 5.32 Å². The second kappa shape index (κ2) is 5.18. The van der Waals surface area contributed by atoms with Crippen LogP contribution in [0.15, 0.2) is 47.9 Å². The molecule has 1 aliphatic rings. The van der Waals surface area contributed by atoms with Gasteiger partial charge in [-0.25, -0.2) is 8.42 Å². The number of hydrogen-bond donors (Lipinski definition) is 1. The first-order valence-corrected chi connectivity index (χ1v) is 7.21. The number of benzene rings is 1. The van der Waals surface area contributed by atoms with Gasteiger partial charge in [-0.3, -0.25) is 4.79 Å². The Kier molecular flexibility index (Phi) is 3.62. The third-order valence-corrected chi connectivity index (χ3v) is 3.88. The monoisotopic (exact) mass is 263 g/mol. The van der Waals surface area contributed by atoms with Gasteiger partial charge in [-0.1, -0.05) is 30.3 Å². The Morgan fingerprint density at radius 3 is 2.61 bits per heavy atom. The van der Waals surface area contributed by atoms with Crippen LogP contribution in [0.2, 0.25) is 0 Å². The molecule has 0 spiro atoms. The van der Waals surface area contributed by atoms with Gasteiger partial charge in [0.15, 0.2) is 9.84 Å². The summed E-state index contributed by atoms with van der Waals surface area (Å²) in [5.41, 5.74) is 0.919. The molecule has 1 aromatic rings. The molecule has 1 N–H and O–H groups in total. The van der Waals surface area contributed by atoms with Gasteiger partial charge in [0, 0.05) is 11.5 Å². The molecular formula is C13H13NO3S. The van der Waals surface area contributed by atoms with Crippen LogP contribution in [0, 0.1) is 0 Å². The Labute approximate surface area is 106 Å². The van der Waals surface area contributed by atoms with Crippen LogP contribution >= 0.6 is 0 Å². The van der Waals surface area contributed by atoms with E-state index in [4.69, 9.17) is 0 Å². The van der Waals surface area contributed by atoms with E-state index >= 15 is 0 Å². The maximum absolute atomic E-state index is 11.6. The highest BCUT2D eigenvalue weighted by Crippen LogP contribution is 2.08. The average molecular weight is 263 g/mol. The molecule has 0 saturated carbocycles. The summed E-state index contributed by atoms with van der Waals surface area (Å²) in [5, 5.41) is 3.75. The van der Waals surface area contributed by atoms with E-state index in [0.717, 1.165) is 11.0 Å². The van der Waals surface area contributed by atoms with Crippen molar-refractivity contribution in [3.8, 4) is 0 Å². The lowest BCUT2D eigenvalue weighted by Gasteiger charge is -2.06. The van der Waals surface area contributed by atoms with Gasteiger partial charge in [-0.2, -0.15) is 0 Å². The molecule has 1 amide bonds. The second-order valence-corrected chi connectivity index (χ2v) is 5.95. The molecule has 0 unspecified atom stereocenters. The van der Waals surface area contributed by atoms with Crippen LogP contribution in [0.25, 0.3) is 6.08 Å². The largest absolute Gasteiger partial charge is 0.345 e. The number of amides is 1. The fraction of sp³-hybridized carbons (Fsp3) is 0.154. The molecule has 1 aromatic carbocycles. The van der Waals surface area contributed by atoms with Crippen LogP contribution in [0.3, 0.4) is 0 Å². The lowest BCUT2D eigenvalue weighted by atomic mass is 10.2. The average Bonchev–Trinajstić information content (AvgIpc) is 2.67. The molecule has 1 atom stereocenters. The summed E-state index contributed by atoms with van der Waals surface area (Å²) < 4.78 is 22.3. The second-order valence-electron chi connectivity index (χ2n) is 4.02. The van der Waals surface area contributed by atoms with Gasteiger partial charge in [0.2, 0.25) is 5.91 Å². The van der Waals surface area contributed by atoms with Gasteiger partial charge in [0.25, 0.3) is 0 Å². The minimum absolute atomic E-state index is 0.0576. The van der Waals surface area contributed by atoms with Crippen molar-refractivity contribution in [3.63, 3.8) is 0 Å². The standard InChI is InChI=1S/C13H13NO3S/c15-13(7-6-11-4-2-1-3-5-11)14-12-8-9-18(16,17)10-12/h1-9,12H,10H2,(H,14,15)/b7-6+/t12-/m1/s1. The van der Waals surface area contributed by atoms with Crippen molar-refractivity contribution in [1.29, 1.82) is 0 Å². The van der Waals surface area contributed by atoms with Crippen molar-refractivity contribution in [2.45, 2.75) is 6.04 Å². The lowest BCUT2D eigenvalue weighted by molar-refractivity contribution is -0.116. The third kappa shape index (κ3) is 3.56. The highest BCUT2D eigenvalue weighted by Gasteiger charge is 2.22. The van der Waals surface area contributed by atoms with E-state index in [0.29, 0.717) is 0 Å². The SMILES string of the molecule is O=C(/C=C/c1ccccc1)N[C@@H]1C=CS(=O)(=O)C1. The van der Waals surface area contributed by atoms with E-state index in [1.54, 1.807) is 6.08 Å². The molecule has 0 fully saturated rings. The highest BCUT2D eigenvalue weighted by molar-refractivity contribution is 7.94. The summed E-state index contributed by atoms with van der Waals surface area (Å²) in [6.45, 7) is 0. The van der Waals surface area contributed by atoms with Crippen LogP contribution in [0.1, 0.15) is 5.56 Å². The van der Waals surface area contributed by atoms with E-state index in [1.807, 2.05) is 30.3 Å². The number of carbonyl (C=O) groups excluding carboxylic acids is 1. The zero-order chi connectivity index (χ0) is 13.0. The number of sulfone groups is 1. The van der Waals surface area contributed by atoms with E-state index in [1.165, 1.54) is 12.2 Å². The molecule has 0 bridgehead atoms. The molecule has 94 valence electrons. The van der Waals surface area contributed by atoms with Crippen molar-refractivity contribution in [2.24, 2.45) is 0 Å². The van der Waals surface area contributed by atoms with Crippen molar-refractivity contribution in [1.82, 2.24) is 5.32 Å². The fourth-order valence-corrected chi connectivity index (χ4v) is 2.87. The molecular weight excluding hydrogens is 250 g/mol. The Bertz CT molecular complexity index is 588. The molecule has 1 heterocycles. The number of carbonyl (C=O) groups is 1. The first-order valence-electron chi connectivity index (χ1n) is 5.50. The maximum Gasteiger partial charge on any atom is 0.244 e. The maximum atomic E-state index is 11.6. The van der Waals surface area contributed by atoms with Crippen LogP contribution in [-0.4, -0.2) is 26.1 Å². The summed E-state index contributed by atoms with van der Waals surface area (Å²) in [6, 6.07) is 8.98. The molecule has 18 heavy (non-hydrogen) atoms. The summed E-state index contributed by atoms with van der Waals surface area (Å²) in [6.07, 6.45) is 4.57. The van der Waals surface area contributed by atoms with Crippen LogP contribution in [0.4, 0.5) is 0 Å². The molecule has 0 radical (unpaired) electrons. The first-order chi connectivity index (χ1) is 8.55. The minimum Gasteiger partial charge on any atom is -0.345 e. The lowest BCUT2D eigenvalue weighted by Crippen LogP contribution is -2.34. The predicted octanol–water partition coefficient (Wildman–Crippen LogP) is 1.13. The first kappa shape index (κ1) is 12.6. The summed E-state index contributed by atoms with van der Waals surface area (Å²) in [4.78, 5) is 11.6. The third-order valence-electron chi connectivity index (χ3n) is 2.48. The van der Waals surface area contributed by atoms with Gasteiger partial charge < -0.3 is 5.32 Å². The number of rotatable bonds is 3. The Morgan fingerprint density at radius 2 is 2.00 bits per heavy atom. The Balaban J connectivity index is 1.91.